The smallest absolute Gasteiger partial charge is 0.351 e. The molecule has 1 saturated heterocycles. The standard InChI is InChI=1S/C13H18F3N3O2/c1-7(2)19-5-8(3)10(6-19)17-12(20)9-4-11(21-18-9)13(14,15)16/h4,7-8,10H,5-6H2,1-3H3,(H,17,20)/t8-,10+/m0/s1. The summed E-state index contributed by atoms with van der Waals surface area (Å²) in [6, 6.07) is 0.874. The van der Waals surface area contributed by atoms with Crippen molar-refractivity contribution >= 4 is 5.91 Å². The Morgan fingerprint density at radius 2 is 2.14 bits per heavy atom. The van der Waals surface area contributed by atoms with Crippen LogP contribution in [0, 0.1) is 5.92 Å². The van der Waals surface area contributed by atoms with Crippen LogP contribution in [0.1, 0.15) is 37.0 Å². The number of hydrogen-bond donors (Lipinski definition) is 1. The van der Waals surface area contributed by atoms with E-state index in [0.29, 0.717) is 18.7 Å². The summed E-state index contributed by atoms with van der Waals surface area (Å²) in [4.78, 5) is 14.2. The quantitative estimate of drug-likeness (QED) is 0.929. The van der Waals surface area contributed by atoms with Crippen LogP contribution in [-0.4, -0.2) is 41.1 Å². The predicted octanol–water partition coefficient (Wildman–Crippen LogP) is 2.15. The average molecular weight is 305 g/mol. The number of hydrogen-bond acceptors (Lipinski definition) is 4. The van der Waals surface area contributed by atoms with Crippen molar-refractivity contribution in [2.24, 2.45) is 5.92 Å². The number of carbonyl (C=O) groups is 1. The molecule has 0 unspecified atom stereocenters. The molecule has 2 atom stereocenters. The summed E-state index contributed by atoms with van der Waals surface area (Å²) in [7, 11) is 0. The molecule has 1 aliphatic heterocycles. The molecule has 1 N–H and O–H groups in total. The van der Waals surface area contributed by atoms with Crippen LogP contribution in [-0.2, 0) is 6.18 Å². The average Bonchev–Trinajstić information content (AvgIpc) is 2.96. The molecule has 1 aromatic rings. The number of amides is 1. The van der Waals surface area contributed by atoms with Gasteiger partial charge in [-0.1, -0.05) is 12.1 Å². The fourth-order valence-electron chi connectivity index (χ4n) is 2.37. The van der Waals surface area contributed by atoms with Gasteiger partial charge in [0.2, 0.25) is 5.76 Å². The maximum absolute atomic E-state index is 12.4. The van der Waals surface area contributed by atoms with Gasteiger partial charge < -0.3 is 9.84 Å². The van der Waals surface area contributed by atoms with Crippen molar-refractivity contribution in [3.8, 4) is 0 Å². The van der Waals surface area contributed by atoms with E-state index in [1.165, 1.54) is 0 Å². The zero-order chi connectivity index (χ0) is 15.8. The highest BCUT2D eigenvalue weighted by molar-refractivity contribution is 5.92. The first kappa shape index (κ1) is 15.8. The lowest BCUT2D eigenvalue weighted by Crippen LogP contribution is -2.40. The molecule has 0 bridgehead atoms. The molecular weight excluding hydrogens is 287 g/mol. The van der Waals surface area contributed by atoms with E-state index >= 15 is 0 Å². The minimum absolute atomic E-state index is 0.106. The Morgan fingerprint density at radius 3 is 2.62 bits per heavy atom. The fourth-order valence-corrected chi connectivity index (χ4v) is 2.37. The minimum atomic E-state index is -4.64. The summed E-state index contributed by atoms with van der Waals surface area (Å²) < 4.78 is 41.4. The number of halogens is 3. The number of carbonyl (C=O) groups excluding carboxylic acids is 1. The number of nitrogens with one attached hydrogen (secondary N) is 1. The third-order valence-corrected chi connectivity index (χ3v) is 3.71. The van der Waals surface area contributed by atoms with Gasteiger partial charge in [-0.05, 0) is 19.8 Å². The Hall–Kier alpha value is -1.57. The van der Waals surface area contributed by atoms with E-state index in [2.05, 4.69) is 33.7 Å². The highest BCUT2D eigenvalue weighted by Gasteiger charge is 2.37. The summed E-state index contributed by atoms with van der Waals surface area (Å²) in [5.74, 6) is -1.68. The highest BCUT2D eigenvalue weighted by Crippen LogP contribution is 2.29. The summed E-state index contributed by atoms with van der Waals surface area (Å²) in [5.41, 5.74) is -0.350. The van der Waals surface area contributed by atoms with Crippen LogP contribution in [0.3, 0.4) is 0 Å². The molecule has 0 saturated carbocycles. The van der Waals surface area contributed by atoms with Gasteiger partial charge in [0.15, 0.2) is 5.69 Å². The predicted molar refractivity (Wildman–Crippen MR) is 68.6 cm³/mol. The van der Waals surface area contributed by atoms with Gasteiger partial charge in [-0.2, -0.15) is 13.2 Å². The van der Waals surface area contributed by atoms with Crippen molar-refractivity contribution in [2.45, 2.75) is 39.0 Å². The largest absolute Gasteiger partial charge is 0.452 e. The van der Waals surface area contributed by atoms with Crippen LogP contribution >= 0.6 is 0 Å². The first-order valence-corrected chi connectivity index (χ1v) is 6.77. The summed E-state index contributed by atoms with van der Waals surface area (Å²) in [6.07, 6.45) is -4.64. The van der Waals surface area contributed by atoms with Crippen molar-refractivity contribution in [1.82, 2.24) is 15.4 Å². The zero-order valence-electron chi connectivity index (χ0n) is 12.1. The highest BCUT2D eigenvalue weighted by atomic mass is 19.4. The molecule has 0 radical (unpaired) electrons. The molecular formula is C13H18F3N3O2. The molecule has 8 heteroatoms. The first-order valence-electron chi connectivity index (χ1n) is 6.77. The Bertz CT molecular complexity index is 513. The number of likely N-dealkylation sites (tertiary alicyclic amines) is 1. The van der Waals surface area contributed by atoms with E-state index in [-0.39, 0.29) is 17.7 Å². The molecule has 1 aliphatic rings. The molecule has 1 aromatic heterocycles. The van der Waals surface area contributed by atoms with Crippen molar-refractivity contribution in [1.29, 1.82) is 0 Å². The van der Waals surface area contributed by atoms with Crippen molar-refractivity contribution in [3.05, 3.63) is 17.5 Å². The lowest BCUT2D eigenvalue weighted by molar-refractivity contribution is -0.155. The number of rotatable bonds is 3. The second-order valence-electron chi connectivity index (χ2n) is 5.68. The van der Waals surface area contributed by atoms with E-state index in [4.69, 9.17) is 0 Å². The van der Waals surface area contributed by atoms with E-state index in [0.717, 1.165) is 6.54 Å². The van der Waals surface area contributed by atoms with E-state index < -0.39 is 17.8 Å². The molecule has 0 spiro atoms. The number of alkyl halides is 3. The van der Waals surface area contributed by atoms with Gasteiger partial charge in [-0.15, -0.1) is 0 Å². The van der Waals surface area contributed by atoms with Crippen LogP contribution < -0.4 is 5.32 Å². The number of aromatic nitrogens is 1. The van der Waals surface area contributed by atoms with E-state index in [1.54, 1.807) is 0 Å². The van der Waals surface area contributed by atoms with Crippen LogP contribution in [0.15, 0.2) is 10.6 Å². The van der Waals surface area contributed by atoms with Crippen LogP contribution in [0.4, 0.5) is 13.2 Å². The van der Waals surface area contributed by atoms with Gasteiger partial charge in [0.05, 0.1) is 0 Å². The first-order chi connectivity index (χ1) is 9.68. The fraction of sp³-hybridized carbons (Fsp3) is 0.692. The normalized spacial score (nSPS) is 23.8. The summed E-state index contributed by atoms with van der Waals surface area (Å²) in [6.45, 7) is 7.63. The van der Waals surface area contributed by atoms with Crippen LogP contribution in [0.25, 0.3) is 0 Å². The van der Waals surface area contributed by atoms with Crippen molar-refractivity contribution in [3.63, 3.8) is 0 Å². The molecule has 2 heterocycles. The van der Waals surface area contributed by atoms with Gasteiger partial charge in [0.25, 0.3) is 5.91 Å². The van der Waals surface area contributed by atoms with Gasteiger partial charge in [0.1, 0.15) is 0 Å². The maximum Gasteiger partial charge on any atom is 0.452 e. The van der Waals surface area contributed by atoms with Gasteiger partial charge in [-0.25, -0.2) is 0 Å². The molecule has 1 fully saturated rings. The third-order valence-electron chi connectivity index (χ3n) is 3.71. The van der Waals surface area contributed by atoms with Crippen molar-refractivity contribution < 1.29 is 22.5 Å². The van der Waals surface area contributed by atoms with Gasteiger partial charge in [0, 0.05) is 31.2 Å². The summed E-state index contributed by atoms with van der Waals surface area (Å²) in [5, 5.41) is 5.91. The molecule has 0 aromatic carbocycles. The lowest BCUT2D eigenvalue weighted by atomic mass is 10.1. The Kier molecular flexibility index (Phi) is 4.27. The molecule has 21 heavy (non-hydrogen) atoms. The van der Waals surface area contributed by atoms with E-state index in [9.17, 15) is 18.0 Å². The second-order valence-corrected chi connectivity index (χ2v) is 5.68. The second kappa shape index (κ2) is 5.67. The van der Waals surface area contributed by atoms with Crippen molar-refractivity contribution in [2.75, 3.05) is 13.1 Å². The summed E-state index contributed by atoms with van der Waals surface area (Å²) >= 11 is 0. The minimum Gasteiger partial charge on any atom is -0.351 e. The zero-order valence-corrected chi connectivity index (χ0v) is 12.1. The van der Waals surface area contributed by atoms with Gasteiger partial charge >= 0.3 is 6.18 Å². The van der Waals surface area contributed by atoms with Crippen LogP contribution in [0.2, 0.25) is 0 Å². The third kappa shape index (κ3) is 3.55. The monoisotopic (exact) mass is 305 g/mol. The molecule has 5 nitrogen and oxygen atoms in total. The van der Waals surface area contributed by atoms with Gasteiger partial charge in [-0.3, -0.25) is 9.69 Å². The molecule has 118 valence electrons. The molecule has 1 amide bonds. The lowest BCUT2D eigenvalue weighted by Gasteiger charge is -2.20. The number of nitrogens with zero attached hydrogens (tertiary/aromatic N) is 2. The van der Waals surface area contributed by atoms with Crippen LogP contribution in [0.5, 0.6) is 0 Å². The Labute approximate surface area is 120 Å². The SMILES string of the molecule is CC(C)N1C[C@H](C)[C@H](NC(=O)c2cc(C(F)(F)F)on2)C1. The topological polar surface area (TPSA) is 58.4 Å². The Morgan fingerprint density at radius 1 is 1.48 bits per heavy atom. The Balaban J connectivity index is 2.00. The molecule has 2 rings (SSSR count). The molecule has 0 aliphatic carbocycles. The maximum atomic E-state index is 12.4. The van der Waals surface area contributed by atoms with E-state index in [1.807, 2.05) is 6.92 Å².